The summed E-state index contributed by atoms with van der Waals surface area (Å²) in [5, 5.41) is 4.47. The van der Waals surface area contributed by atoms with Gasteiger partial charge >= 0.3 is 0 Å². The van der Waals surface area contributed by atoms with Crippen molar-refractivity contribution in [3.8, 4) is 0 Å². The Morgan fingerprint density at radius 1 is 1.27 bits per heavy atom. The van der Waals surface area contributed by atoms with Crippen LogP contribution < -0.4 is 5.32 Å². The molecule has 120 valence electrons. The van der Waals surface area contributed by atoms with Crippen LogP contribution in [0.5, 0.6) is 0 Å². The number of hydrogen-bond donors (Lipinski definition) is 1. The molecule has 4 nitrogen and oxygen atoms in total. The Bertz CT molecular complexity index is 607. The fourth-order valence-corrected chi connectivity index (χ4v) is 2.81. The van der Waals surface area contributed by atoms with Gasteiger partial charge in [-0.3, -0.25) is 4.99 Å². The molecule has 1 heterocycles. The summed E-state index contributed by atoms with van der Waals surface area (Å²) in [7, 11) is 3.86. The number of nitrogens with one attached hydrogen (secondary N) is 1. The van der Waals surface area contributed by atoms with Crippen LogP contribution in [0.1, 0.15) is 21.0 Å². The fraction of sp³-hybridized carbons (Fsp3) is 0.375. The number of aromatic nitrogens is 1. The van der Waals surface area contributed by atoms with Gasteiger partial charge in [0.1, 0.15) is 0 Å². The molecule has 0 aliphatic carbocycles. The molecule has 0 fully saturated rings. The van der Waals surface area contributed by atoms with Crippen molar-refractivity contribution >= 4 is 41.3 Å². The van der Waals surface area contributed by atoms with E-state index in [2.05, 4.69) is 51.4 Å². The lowest BCUT2D eigenvalue weighted by Crippen LogP contribution is -2.37. The molecule has 0 aliphatic rings. The maximum Gasteiger partial charge on any atom is 0.193 e. The lowest BCUT2D eigenvalue weighted by Gasteiger charge is -2.22. The number of thiazole rings is 1. The lowest BCUT2D eigenvalue weighted by molar-refractivity contribution is 0.477. The highest BCUT2D eigenvalue weighted by molar-refractivity contribution is 14.0. The van der Waals surface area contributed by atoms with Crippen molar-refractivity contribution in [2.75, 3.05) is 14.1 Å². The number of halogens is 1. The first-order valence-corrected chi connectivity index (χ1v) is 7.79. The van der Waals surface area contributed by atoms with Crippen molar-refractivity contribution in [2.45, 2.75) is 26.9 Å². The molecule has 0 unspecified atom stereocenters. The molecule has 0 radical (unpaired) electrons. The van der Waals surface area contributed by atoms with Crippen molar-refractivity contribution in [2.24, 2.45) is 4.99 Å². The second-order valence-electron chi connectivity index (χ2n) is 5.09. The molecule has 0 bridgehead atoms. The summed E-state index contributed by atoms with van der Waals surface area (Å²) >= 11 is 1.71. The zero-order valence-electron chi connectivity index (χ0n) is 13.5. The Kier molecular flexibility index (Phi) is 7.81. The molecule has 6 heteroatoms. The first kappa shape index (κ1) is 18.9. The van der Waals surface area contributed by atoms with Gasteiger partial charge in [0.25, 0.3) is 0 Å². The minimum absolute atomic E-state index is 0. The molecule has 0 atom stereocenters. The number of hydrogen-bond acceptors (Lipinski definition) is 3. The Morgan fingerprint density at radius 3 is 2.50 bits per heavy atom. The van der Waals surface area contributed by atoms with Crippen LogP contribution in [0.15, 0.2) is 35.5 Å². The average molecular weight is 430 g/mol. The first-order chi connectivity index (χ1) is 10.1. The van der Waals surface area contributed by atoms with E-state index >= 15 is 0 Å². The quantitative estimate of drug-likeness (QED) is 0.458. The molecule has 2 rings (SSSR count). The minimum Gasteiger partial charge on any atom is -0.351 e. The van der Waals surface area contributed by atoms with Gasteiger partial charge in [0, 0.05) is 31.7 Å². The van der Waals surface area contributed by atoms with Crippen molar-refractivity contribution in [1.82, 2.24) is 15.2 Å². The second-order valence-corrected chi connectivity index (χ2v) is 6.41. The topological polar surface area (TPSA) is 40.5 Å². The highest BCUT2D eigenvalue weighted by Crippen LogP contribution is 2.11. The van der Waals surface area contributed by atoms with E-state index in [4.69, 9.17) is 0 Å². The third-order valence-electron chi connectivity index (χ3n) is 3.20. The second kappa shape index (κ2) is 9.09. The summed E-state index contributed by atoms with van der Waals surface area (Å²) in [4.78, 5) is 11.9. The SMILES string of the molecule is CN=C(NCc1cnc(C)s1)N(C)Cc1ccc(C)cc1.I. The molecule has 0 saturated carbocycles. The van der Waals surface area contributed by atoms with Crippen LogP contribution in [0.4, 0.5) is 0 Å². The van der Waals surface area contributed by atoms with Gasteiger partial charge in [0.15, 0.2) is 5.96 Å². The van der Waals surface area contributed by atoms with Crippen LogP contribution in [0.3, 0.4) is 0 Å². The van der Waals surface area contributed by atoms with Gasteiger partial charge in [0.2, 0.25) is 0 Å². The van der Waals surface area contributed by atoms with Gasteiger partial charge in [-0.1, -0.05) is 29.8 Å². The van der Waals surface area contributed by atoms with E-state index in [0.717, 1.165) is 24.1 Å². The van der Waals surface area contributed by atoms with E-state index in [1.54, 1.807) is 11.3 Å². The van der Waals surface area contributed by atoms with Crippen molar-refractivity contribution in [3.63, 3.8) is 0 Å². The maximum atomic E-state index is 4.34. The first-order valence-electron chi connectivity index (χ1n) is 6.97. The average Bonchev–Trinajstić information content (AvgIpc) is 2.88. The smallest absolute Gasteiger partial charge is 0.193 e. The summed E-state index contributed by atoms with van der Waals surface area (Å²) in [5.74, 6) is 0.890. The largest absolute Gasteiger partial charge is 0.351 e. The van der Waals surface area contributed by atoms with Gasteiger partial charge in [-0.15, -0.1) is 35.3 Å². The Balaban J connectivity index is 0.00000242. The molecule has 0 spiro atoms. The number of rotatable bonds is 4. The Morgan fingerprint density at radius 2 is 1.95 bits per heavy atom. The van der Waals surface area contributed by atoms with Gasteiger partial charge in [-0.25, -0.2) is 4.98 Å². The number of nitrogens with zero attached hydrogens (tertiary/aromatic N) is 3. The van der Waals surface area contributed by atoms with Gasteiger partial charge in [-0.2, -0.15) is 0 Å². The van der Waals surface area contributed by atoms with E-state index in [-0.39, 0.29) is 24.0 Å². The molecule has 1 aromatic carbocycles. The summed E-state index contributed by atoms with van der Waals surface area (Å²) in [6, 6.07) is 8.59. The number of guanidine groups is 1. The van der Waals surface area contributed by atoms with E-state index in [1.807, 2.05) is 27.2 Å². The number of aliphatic imine (C=N–C) groups is 1. The van der Waals surface area contributed by atoms with Crippen LogP contribution >= 0.6 is 35.3 Å². The van der Waals surface area contributed by atoms with Crippen LogP contribution in [0.25, 0.3) is 0 Å². The Labute approximate surface area is 153 Å². The molecule has 0 amide bonds. The van der Waals surface area contributed by atoms with E-state index in [1.165, 1.54) is 16.0 Å². The van der Waals surface area contributed by atoms with Gasteiger partial charge in [-0.05, 0) is 19.4 Å². The Hall–Kier alpha value is -1.15. The monoisotopic (exact) mass is 430 g/mol. The normalized spacial score (nSPS) is 11.0. The summed E-state index contributed by atoms with van der Waals surface area (Å²) in [6.45, 7) is 5.72. The molecule has 0 saturated heterocycles. The van der Waals surface area contributed by atoms with Crippen LogP contribution in [-0.2, 0) is 13.1 Å². The van der Waals surface area contributed by atoms with Gasteiger partial charge in [0.05, 0.1) is 11.6 Å². The van der Waals surface area contributed by atoms with Gasteiger partial charge < -0.3 is 10.2 Å². The molecule has 2 aromatic rings. The highest BCUT2D eigenvalue weighted by atomic mass is 127. The maximum absolute atomic E-state index is 4.34. The van der Waals surface area contributed by atoms with Crippen LogP contribution in [0.2, 0.25) is 0 Å². The van der Waals surface area contributed by atoms with E-state index in [9.17, 15) is 0 Å². The molecular weight excluding hydrogens is 407 g/mol. The zero-order chi connectivity index (χ0) is 15.2. The fourth-order valence-electron chi connectivity index (χ4n) is 2.08. The van der Waals surface area contributed by atoms with Crippen molar-refractivity contribution < 1.29 is 0 Å². The van der Waals surface area contributed by atoms with Crippen molar-refractivity contribution in [3.05, 3.63) is 51.5 Å². The lowest BCUT2D eigenvalue weighted by atomic mass is 10.1. The predicted octanol–water partition coefficient (Wildman–Crippen LogP) is 3.59. The molecular formula is C16H23IN4S. The summed E-state index contributed by atoms with van der Waals surface area (Å²) in [6.07, 6.45) is 1.92. The molecule has 22 heavy (non-hydrogen) atoms. The van der Waals surface area contributed by atoms with Crippen LogP contribution in [0, 0.1) is 13.8 Å². The third kappa shape index (κ3) is 5.57. The molecule has 0 aliphatic heterocycles. The zero-order valence-corrected chi connectivity index (χ0v) is 16.6. The summed E-state index contributed by atoms with van der Waals surface area (Å²) < 4.78 is 0. The third-order valence-corrected chi connectivity index (χ3v) is 4.12. The summed E-state index contributed by atoms with van der Waals surface area (Å²) in [5.41, 5.74) is 2.56. The minimum atomic E-state index is 0. The number of aryl methyl sites for hydroxylation is 2. The highest BCUT2D eigenvalue weighted by Gasteiger charge is 2.07. The van der Waals surface area contributed by atoms with Crippen LogP contribution in [-0.4, -0.2) is 29.9 Å². The van der Waals surface area contributed by atoms with Crippen molar-refractivity contribution in [1.29, 1.82) is 0 Å². The standard InChI is InChI=1S/C16H22N4S.HI/c1-12-5-7-14(8-6-12)11-20(4)16(17-3)19-10-15-9-18-13(2)21-15;/h5-9H,10-11H2,1-4H3,(H,17,19);1H. The van der Waals surface area contributed by atoms with E-state index < -0.39 is 0 Å². The molecule has 1 N–H and O–H groups in total. The van der Waals surface area contributed by atoms with E-state index in [0.29, 0.717) is 0 Å². The number of benzene rings is 1. The molecule has 1 aromatic heterocycles. The predicted molar refractivity (Wildman–Crippen MR) is 105 cm³/mol.